The van der Waals surface area contributed by atoms with Crippen molar-refractivity contribution in [3.05, 3.63) is 25.3 Å². The molecule has 2 amide bonds. The highest BCUT2D eigenvalue weighted by molar-refractivity contribution is 5.98. The van der Waals surface area contributed by atoms with Crippen LogP contribution in [0.2, 0.25) is 0 Å². The molecule has 0 aliphatic carbocycles. The van der Waals surface area contributed by atoms with E-state index in [9.17, 15) is 19.5 Å². The Morgan fingerprint density at radius 3 is 2.65 bits per heavy atom. The fourth-order valence-electron chi connectivity index (χ4n) is 6.86. The van der Waals surface area contributed by atoms with E-state index in [0.717, 1.165) is 19.3 Å². The first-order valence-electron chi connectivity index (χ1n) is 13.9. The molecule has 3 heterocycles. The van der Waals surface area contributed by atoms with Crippen LogP contribution in [-0.2, 0) is 23.9 Å². The van der Waals surface area contributed by atoms with Crippen LogP contribution in [0.4, 0.5) is 0 Å². The molecule has 3 fully saturated rings. The van der Waals surface area contributed by atoms with Crippen molar-refractivity contribution >= 4 is 17.8 Å². The molecule has 2 bridgehead atoms. The van der Waals surface area contributed by atoms with E-state index in [1.807, 2.05) is 20.8 Å². The van der Waals surface area contributed by atoms with Gasteiger partial charge in [-0.1, -0.05) is 32.4 Å². The van der Waals surface area contributed by atoms with Gasteiger partial charge in [0, 0.05) is 25.7 Å². The zero-order valence-corrected chi connectivity index (χ0v) is 23.1. The monoisotopic (exact) mass is 518 g/mol. The smallest absolute Gasteiger partial charge is 0.312 e. The van der Waals surface area contributed by atoms with Crippen LogP contribution in [0.25, 0.3) is 0 Å². The standard InChI is InChI=1S/C29H46N2O6/c1-7-10-13-18-36-27(35)23-22-25(33)31(16-11-12-17-32)24(29(22)19-20(4)28(23,6)37-29)26(34)30(15-9-3)21(5)14-8-2/h7,9,20-24,32H,1,3,8,10-19H2,2,4-6H3/t20?,21?,22-,23-,24?,28+,29?/m0/s1. The Bertz CT molecular complexity index is 876. The van der Waals surface area contributed by atoms with Crippen molar-refractivity contribution in [1.29, 1.82) is 0 Å². The lowest BCUT2D eigenvalue weighted by Gasteiger charge is -2.39. The third-order valence-corrected chi connectivity index (χ3v) is 8.75. The lowest BCUT2D eigenvalue weighted by atomic mass is 9.62. The number of ether oxygens (including phenoxy) is 2. The Balaban J connectivity index is 2.02. The number of rotatable bonds is 15. The number of nitrogens with zero attached hydrogens (tertiary/aromatic N) is 2. The first kappa shape index (κ1) is 29.4. The van der Waals surface area contributed by atoms with Gasteiger partial charge in [0.1, 0.15) is 17.6 Å². The SMILES string of the molecule is C=CCCCOC(=O)[C@@H]1[C@H]2C(=O)N(CCCCO)C(C(=O)N(CC=C)C(C)CCC)C23CC(C)[C@@]1(C)O3. The van der Waals surface area contributed by atoms with Gasteiger partial charge in [-0.15, -0.1) is 13.2 Å². The summed E-state index contributed by atoms with van der Waals surface area (Å²) in [7, 11) is 0. The number of likely N-dealkylation sites (tertiary alicyclic amines) is 1. The Morgan fingerprint density at radius 1 is 1.30 bits per heavy atom. The molecule has 3 saturated heterocycles. The predicted octanol–water partition coefficient (Wildman–Crippen LogP) is 3.48. The van der Waals surface area contributed by atoms with Gasteiger partial charge in [-0.2, -0.15) is 0 Å². The molecule has 3 aliphatic heterocycles. The minimum absolute atomic E-state index is 0.0105. The van der Waals surface area contributed by atoms with E-state index >= 15 is 0 Å². The van der Waals surface area contributed by atoms with E-state index < -0.39 is 35.0 Å². The molecule has 0 aromatic carbocycles. The average Bonchev–Trinajstić information content (AvgIpc) is 3.37. The van der Waals surface area contributed by atoms with Crippen LogP contribution < -0.4 is 0 Å². The third kappa shape index (κ3) is 5.11. The molecule has 0 aromatic rings. The number of hydrogen-bond acceptors (Lipinski definition) is 6. The van der Waals surface area contributed by atoms with Crippen molar-refractivity contribution in [2.24, 2.45) is 17.8 Å². The Hall–Kier alpha value is -2.19. The molecule has 3 rings (SSSR count). The highest BCUT2D eigenvalue weighted by Crippen LogP contribution is 2.65. The molecule has 1 spiro atoms. The van der Waals surface area contributed by atoms with E-state index in [2.05, 4.69) is 20.1 Å². The molecule has 8 heteroatoms. The molecule has 37 heavy (non-hydrogen) atoms. The fourth-order valence-corrected chi connectivity index (χ4v) is 6.86. The van der Waals surface area contributed by atoms with Gasteiger partial charge < -0.3 is 24.4 Å². The Kier molecular flexibility index (Phi) is 9.62. The van der Waals surface area contributed by atoms with Crippen molar-refractivity contribution in [3.8, 4) is 0 Å². The number of aliphatic hydroxyl groups excluding tert-OH is 1. The summed E-state index contributed by atoms with van der Waals surface area (Å²) in [6.45, 7) is 16.6. The maximum Gasteiger partial charge on any atom is 0.312 e. The van der Waals surface area contributed by atoms with E-state index in [1.54, 1.807) is 22.0 Å². The molecule has 0 radical (unpaired) electrons. The van der Waals surface area contributed by atoms with Crippen molar-refractivity contribution in [1.82, 2.24) is 9.80 Å². The second kappa shape index (κ2) is 12.1. The summed E-state index contributed by atoms with van der Waals surface area (Å²) in [5.41, 5.74) is -1.97. The van der Waals surface area contributed by atoms with Gasteiger partial charge in [0.2, 0.25) is 11.8 Å². The van der Waals surface area contributed by atoms with Gasteiger partial charge in [-0.25, -0.2) is 0 Å². The minimum Gasteiger partial charge on any atom is -0.465 e. The maximum atomic E-state index is 14.3. The molecule has 3 aliphatic rings. The third-order valence-electron chi connectivity index (χ3n) is 8.75. The van der Waals surface area contributed by atoms with Crippen LogP contribution in [0.5, 0.6) is 0 Å². The van der Waals surface area contributed by atoms with Gasteiger partial charge in [-0.05, 0) is 58.3 Å². The van der Waals surface area contributed by atoms with Crippen LogP contribution in [0, 0.1) is 17.8 Å². The number of hydrogen-bond donors (Lipinski definition) is 1. The zero-order chi connectivity index (χ0) is 27.4. The summed E-state index contributed by atoms with van der Waals surface area (Å²) < 4.78 is 12.4. The number of carbonyl (C=O) groups excluding carboxylic acids is 3. The zero-order valence-electron chi connectivity index (χ0n) is 23.1. The van der Waals surface area contributed by atoms with Crippen molar-refractivity contribution in [2.75, 3.05) is 26.3 Å². The number of amides is 2. The van der Waals surface area contributed by atoms with Crippen LogP contribution in [0.3, 0.4) is 0 Å². The van der Waals surface area contributed by atoms with Crippen molar-refractivity contribution in [2.45, 2.75) is 95.9 Å². The highest BCUT2D eigenvalue weighted by atomic mass is 16.6. The van der Waals surface area contributed by atoms with Crippen LogP contribution in [-0.4, -0.2) is 82.3 Å². The van der Waals surface area contributed by atoms with Crippen molar-refractivity contribution in [3.63, 3.8) is 0 Å². The number of allylic oxidation sites excluding steroid dienone is 1. The van der Waals surface area contributed by atoms with Gasteiger partial charge >= 0.3 is 5.97 Å². The molecule has 0 saturated carbocycles. The first-order chi connectivity index (χ1) is 17.6. The molecule has 8 nitrogen and oxygen atoms in total. The summed E-state index contributed by atoms with van der Waals surface area (Å²) in [5, 5.41) is 9.36. The topological polar surface area (TPSA) is 96.4 Å². The van der Waals surface area contributed by atoms with Crippen LogP contribution >= 0.6 is 0 Å². The maximum absolute atomic E-state index is 14.3. The quantitative estimate of drug-likeness (QED) is 0.203. The van der Waals surface area contributed by atoms with Gasteiger partial charge in [0.25, 0.3) is 0 Å². The van der Waals surface area contributed by atoms with Gasteiger partial charge in [-0.3, -0.25) is 14.4 Å². The van der Waals surface area contributed by atoms with E-state index in [-0.39, 0.29) is 37.0 Å². The van der Waals surface area contributed by atoms with Crippen LogP contribution in [0.1, 0.15) is 72.6 Å². The van der Waals surface area contributed by atoms with E-state index in [1.165, 1.54) is 0 Å². The summed E-state index contributed by atoms with van der Waals surface area (Å²) >= 11 is 0. The largest absolute Gasteiger partial charge is 0.465 e. The molecular formula is C29H46N2O6. The first-order valence-corrected chi connectivity index (χ1v) is 13.9. The highest BCUT2D eigenvalue weighted by Gasteiger charge is 2.80. The minimum atomic E-state index is -1.09. The van der Waals surface area contributed by atoms with E-state index in [4.69, 9.17) is 9.47 Å². The van der Waals surface area contributed by atoms with Crippen LogP contribution in [0.15, 0.2) is 25.3 Å². The summed E-state index contributed by atoms with van der Waals surface area (Å²) in [4.78, 5) is 45.3. The summed E-state index contributed by atoms with van der Waals surface area (Å²) in [6.07, 6.45) is 8.25. The van der Waals surface area contributed by atoms with E-state index in [0.29, 0.717) is 38.8 Å². The molecule has 0 aromatic heterocycles. The number of aliphatic hydroxyl groups is 1. The molecular weight excluding hydrogens is 472 g/mol. The molecule has 4 unspecified atom stereocenters. The number of unbranched alkanes of at least 4 members (excludes halogenated alkanes) is 2. The fraction of sp³-hybridized carbons (Fsp3) is 0.759. The lowest BCUT2D eigenvalue weighted by Crippen LogP contribution is -2.58. The lowest BCUT2D eigenvalue weighted by molar-refractivity contribution is -0.162. The average molecular weight is 519 g/mol. The number of esters is 1. The molecule has 1 N–H and O–H groups in total. The Morgan fingerprint density at radius 2 is 2.03 bits per heavy atom. The summed E-state index contributed by atoms with van der Waals surface area (Å²) in [5.74, 6) is -2.37. The molecule has 208 valence electrons. The summed E-state index contributed by atoms with van der Waals surface area (Å²) in [6, 6.07) is -0.858. The number of fused-ring (bicyclic) bond motifs is 1. The van der Waals surface area contributed by atoms with Gasteiger partial charge in [0.05, 0.1) is 18.1 Å². The van der Waals surface area contributed by atoms with Gasteiger partial charge in [0.15, 0.2) is 0 Å². The second-order valence-corrected chi connectivity index (χ2v) is 11.2. The van der Waals surface area contributed by atoms with Crippen molar-refractivity contribution < 1.29 is 29.0 Å². The molecule has 7 atom stereocenters. The Labute approximate surface area is 222 Å². The second-order valence-electron chi connectivity index (χ2n) is 11.2. The predicted molar refractivity (Wildman–Crippen MR) is 141 cm³/mol. The normalized spacial score (nSPS) is 32.8. The number of carbonyl (C=O) groups is 3.